The number of oxazole rings is 1. The number of benzene rings is 2. The molecule has 0 aliphatic carbocycles. The van der Waals surface area contributed by atoms with Crippen LogP contribution in [0.3, 0.4) is 0 Å². The number of hydrogen-bond donors (Lipinski definition) is 2. The summed E-state index contributed by atoms with van der Waals surface area (Å²) >= 11 is 1.47. The van der Waals surface area contributed by atoms with E-state index >= 15 is 0 Å². The topological polar surface area (TPSA) is 89.3 Å². The molecule has 2 aromatic carbocycles. The van der Waals surface area contributed by atoms with E-state index in [9.17, 15) is 4.79 Å². The zero-order valence-corrected chi connectivity index (χ0v) is 16.5. The molecule has 29 heavy (non-hydrogen) atoms. The minimum absolute atomic E-state index is 0.0489. The van der Waals surface area contributed by atoms with E-state index in [2.05, 4.69) is 20.6 Å². The first-order valence-corrected chi connectivity index (χ1v) is 10.2. The Labute approximate surface area is 170 Å². The van der Waals surface area contributed by atoms with Crippen LogP contribution in [0, 0.1) is 0 Å². The maximum atomic E-state index is 11.5. The van der Waals surface area contributed by atoms with E-state index in [1.165, 1.54) is 18.3 Å². The number of nitrogens with one attached hydrogen (secondary N) is 2. The van der Waals surface area contributed by atoms with Crippen LogP contribution in [-0.4, -0.2) is 22.5 Å². The van der Waals surface area contributed by atoms with Gasteiger partial charge in [0, 0.05) is 29.9 Å². The monoisotopic (exact) mass is 406 g/mol. The second-order valence-electron chi connectivity index (χ2n) is 6.79. The molecule has 3 heterocycles. The fourth-order valence-electron chi connectivity index (χ4n) is 3.43. The zero-order valence-electron chi connectivity index (χ0n) is 15.6. The molecule has 2 aromatic heterocycles. The Hall–Kier alpha value is -3.39. The lowest BCUT2D eigenvalue weighted by Crippen LogP contribution is -2.30. The van der Waals surface area contributed by atoms with Crippen molar-refractivity contribution in [1.29, 1.82) is 0 Å². The van der Waals surface area contributed by atoms with Crippen molar-refractivity contribution >= 4 is 39.5 Å². The normalized spacial score (nSPS) is 15.6. The molecule has 1 amide bonds. The van der Waals surface area contributed by atoms with Gasteiger partial charge in [-0.1, -0.05) is 12.1 Å². The molecule has 0 bridgehead atoms. The summed E-state index contributed by atoms with van der Waals surface area (Å²) in [5, 5.41) is 8.80. The van der Waals surface area contributed by atoms with E-state index in [0.29, 0.717) is 17.8 Å². The van der Waals surface area contributed by atoms with E-state index in [-0.39, 0.29) is 11.9 Å². The van der Waals surface area contributed by atoms with E-state index < -0.39 is 0 Å². The maximum Gasteiger partial charge on any atom is 0.302 e. The quantitative estimate of drug-likeness (QED) is 0.513. The van der Waals surface area contributed by atoms with Crippen molar-refractivity contribution in [3.05, 3.63) is 53.4 Å². The first-order chi connectivity index (χ1) is 14.2. The third kappa shape index (κ3) is 3.54. The first kappa shape index (κ1) is 17.7. The number of anilines is 2. The van der Waals surface area contributed by atoms with E-state index in [1.54, 1.807) is 0 Å². The molecule has 1 aliphatic rings. The Kier molecular flexibility index (Phi) is 4.40. The van der Waals surface area contributed by atoms with Crippen molar-refractivity contribution in [1.82, 2.24) is 15.3 Å². The highest BCUT2D eigenvalue weighted by molar-refractivity contribution is 7.14. The van der Waals surface area contributed by atoms with Crippen LogP contribution in [0.4, 0.5) is 11.1 Å². The third-order valence-electron chi connectivity index (χ3n) is 4.73. The molecule has 8 heteroatoms. The van der Waals surface area contributed by atoms with Crippen LogP contribution in [0.1, 0.15) is 24.9 Å². The third-order valence-corrected chi connectivity index (χ3v) is 5.49. The number of fused-ring (bicyclic) bond motifs is 2. The lowest BCUT2D eigenvalue weighted by atomic mass is 9.97. The number of carbonyl (C=O) groups is 1. The number of rotatable bonds is 4. The Morgan fingerprint density at radius 2 is 2.10 bits per heavy atom. The molecule has 0 saturated heterocycles. The summed E-state index contributed by atoms with van der Waals surface area (Å²) in [6, 6.07) is 13.9. The molecule has 1 atom stereocenters. The molecular weight excluding hydrogens is 388 g/mol. The molecule has 1 aliphatic heterocycles. The number of amides is 1. The first-order valence-electron chi connectivity index (χ1n) is 9.28. The van der Waals surface area contributed by atoms with Crippen molar-refractivity contribution in [2.45, 2.75) is 19.4 Å². The molecule has 2 N–H and O–H groups in total. The Morgan fingerprint density at radius 1 is 1.21 bits per heavy atom. The molecule has 0 radical (unpaired) electrons. The van der Waals surface area contributed by atoms with Crippen molar-refractivity contribution < 1.29 is 13.9 Å². The molecule has 5 rings (SSSR count). The molecule has 0 saturated carbocycles. The van der Waals surface area contributed by atoms with Gasteiger partial charge in [0.25, 0.3) is 0 Å². The molecule has 146 valence electrons. The van der Waals surface area contributed by atoms with Crippen LogP contribution in [0.5, 0.6) is 5.75 Å². The highest BCUT2D eigenvalue weighted by atomic mass is 32.1. The summed E-state index contributed by atoms with van der Waals surface area (Å²) < 4.78 is 11.4. The van der Waals surface area contributed by atoms with Gasteiger partial charge in [-0.25, -0.2) is 4.98 Å². The van der Waals surface area contributed by atoms with E-state index in [0.717, 1.165) is 40.1 Å². The molecule has 7 nitrogen and oxygen atoms in total. The summed E-state index contributed by atoms with van der Waals surface area (Å²) in [5.41, 5.74) is 4.30. The summed E-state index contributed by atoms with van der Waals surface area (Å²) in [7, 11) is 0. The van der Waals surface area contributed by atoms with Crippen molar-refractivity contribution in [2.75, 3.05) is 11.9 Å². The van der Waals surface area contributed by atoms with Crippen LogP contribution < -0.4 is 15.4 Å². The SMILES string of the molecule is CC(=O)NC1CCOc2ccc(-c3csc(Nc4nc5ccccc5o4)n3)cc21. The summed E-state index contributed by atoms with van der Waals surface area (Å²) in [4.78, 5) is 20.6. The minimum Gasteiger partial charge on any atom is -0.493 e. The van der Waals surface area contributed by atoms with Crippen molar-refractivity contribution in [3.8, 4) is 17.0 Å². The second kappa shape index (κ2) is 7.21. The Morgan fingerprint density at radius 3 is 2.97 bits per heavy atom. The van der Waals surface area contributed by atoms with Gasteiger partial charge in [0.2, 0.25) is 5.91 Å². The highest BCUT2D eigenvalue weighted by Gasteiger charge is 2.23. The zero-order chi connectivity index (χ0) is 19.8. The molecule has 1 unspecified atom stereocenters. The predicted molar refractivity (Wildman–Crippen MR) is 112 cm³/mol. The van der Waals surface area contributed by atoms with Gasteiger partial charge >= 0.3 is 6.01 Å². The standard InChI is InChI=1S/C21H18N4O3S/c1-12(26)22-15-8-9-27-18-7-6-13(10-14(15)18)17-11-29-21(24-17)25-20-23-16-4-2-3-5-19(16)28-20/h2-7,10-11,15H,8-9H2,1H3,(H,22,26)(H,23,24,25). The van der Waals surface area contributed by atoms with Gasteiger partial charge in [0.15, 0.2) is 10.7 Å². The smallest absolute Gasteiger partial charge is 0.302 e. The van der Waals surface area contributed by atoms with Gasteiger partial charge < -0.3 is 14.5 Å². The molecular formula is C21H18N4O3S. The van der Waals surface area contributed by atoms with Gasteiger partial charge in [-0.05, 0) is 30.3 Å². The number of thiazole rings is 1. The lowest BCUT2D eigenvalue weighted by molar-refractivity contribution is -0.119. The Bertz CT molecular complexity index is 1170. The number of aromatic nitrogens is 2. The minimum atomic E-state index is -0.0493. The van der Waals surface area contributed by atoms with E-state index in [4.69, 9.17) is 9.15 Å². The largest absolute Gasteiger partial charge is 0.493 e. The number of carbonyl (C=O) groups excluding carboxylic acids is 1. The summed E-state index contributed by atoms with van der Waals surface area (Å²) in [6.45, 7) is 2.12. The van der Waals surface area contributed by atoms with Crippen LogP contribution in [0.2, 0.25) is 0 Å². The van der Waals surface area contributed by atoms with Gasteiger partial charge in [-0.2, -0.15) is 4.98 Å². The van der Waals surface area contributed by atoms with Crippen LogP contribution >= 0.6 is 11.3 Å². The predicted octanol–water partition coefficient (Wildman–Crippen LogP) is 4.65. The highest BCUT2D eigenvalue weighted by Crippen LogP contribution is 2.36. The molecule has 0 spiro atoms. The Balaban J connectivity index is 1.40. The molecule has 4 aromatic rings. The van der Waals surface area contributed by atoms with Gasteiger partial charge in [-0.15, -0.1) is 11.3 Å². The maximum absolute atomic E-state index is 11.5. The van der Waals surface area contributed by atoms with Crippen LogP contribution in [0.15, 0.2) is 52.3 Å². The second-order valence-corrected chi connectivity index (χ2v) is 7.65. The number of ether oxygens (including phenoxy) is 1. The van der Waals surface area contributed by atoms with Gasteiger partial charge in [-0.3, -0.25) is 10.1 Å². The lowest BCUT2D eigenvalue weighted by Gasteiger charge is -2.26. The van der Waals surface area contributed by atoms with Gasteiger partial charge in [0.1, 0.15) is 11.3 Å². The molecule has 0 fully saturated rings. The van der Waals surface area contributed by atoms with E-state index in [1.807, 2.05) is 47.8 Å². The summed E-state index contributed by atoms with van der Waals surface area (Å²) in [6.07, 6.45) is 0.748. The van der Waals surface area contributed by atoms with Crippen molar-refractivity contribution in [3.63, 3.8) is 0 Å². The fourth-order valence-corrected chi connectivity index (χ4v) is 4.14. The van der Waals surface area contributed by atoms with Crippen molar-refractivity contribution in [2.24, 2.45) is 0 Å². The van der Waals surface area contributed by atoms with Gasteiger partial charge in [0.05, 0.1) is 18.3 Å². The average Bonchev–Trinajstić information content (AvgIpc) is 3.34. The van der Waals surface area contributed by atoms with Crippen LogP contribution in [0.25, 0.3) is 22.4 Å². The number of hydrogen-bond acceptors (Lipinski definition) is 7. The number of para-hydroxylation sites is 2. The van der Waals surface area contributed by atoms with Crippen LogP contribution in [-0.2, 0) is 4.79 Å². The summed E-state index contributed by atoms with van der Waals surface area (Å²) in [5.74, 6) is 0.755. The fraction of sp³-hybridized carbons (Fsp3) is 0.190. The number of nitrogens with zero attached hydrogens (tertiary/aromatic N) is 2. The average molecular weight is 406 g/mol.